The van der Waals surface area contributed by atoms with Gasteiger partial charge >= 0.3 is 0 Å². The fourth-order valence-electron chi connectivity index (χ4n) is 2.54. The number of benzene rings is 1. The van der Waals surface area contributed by atoms with Gasteiger partial charge < -0.3 is 5.11 Å². The van der Waals surface area contributed by atoms with Crippen molar-refractivity contribution in [1.29, 1.82) is 0 Å². The van der Waals surface area contributed by atoms with Gasteiger partial charge in [-0.05, 0) is 31.9 Å². The Labute approximate surface area is 119 Å². The van der Waals surface area contributed by atoms with Crippen molar-refractivity contribution in [2.45, 2.75) is 32.4 Å². The molecule has 1 N–H and O–H groups in total. The fourth-order valence-corrected chi connectivity index (χ4v) is 2.54. The first-order valence-electron chi connectivity index (χ1n) is 7.23. The Hall–Kier alpha value is -1.65. The molecule has 0 saturated heterocycles. The van der Waals surface area contributed by atoms with E-state index in [-0.39, 0.29) is 6.61 Å². The van der Waals surface area contributed by atoms with Crippen LogP contribution in [0.2, 0.25) is 0 Å². The monoisotopic (exact) mass is 271 g/mol. The molecule has 0 radical (unpaired) electrons. The maximum atomic E-state index is 9.18. The molecule has 0 spiro atoms. The molecule has 0 aliphatic heterocycles. The molecule has 1 fully saturated rings. The number of para-hydroxylation sites is 1. The van der Waals surface area contributed by atoms with E-state index in [0.717, 1.165) is 24.5 Å². The molecule has 4 nitrogen and oxygen atoms in total. The van der Waals surface area contributed by atoms with Crippen LogP contribution in [0.4, 0.5) is 0 Å². The van der Waals surface area contributed by atoms with Crippen molar-refractivity contribution >= 4 is 0 Å². The van der Waals surface area contributed by atoms with Crippen molar-refractivity contribution in [1.82, 2.24) is 14.7 Å². The van der Waals surface area contributed by atoms with Crippen molar-refractivity contribution < 1.29 is 5.11 Å². The highest BCUT2D eigenvalue weighted by atomic mass is 16.3. The molecule has 3 rings (SSSR count). The summed E-state index contributed by atoms with van der Waals surface area (Å²) in [6.07, 6.45) is 4.62. The Kier molecular flexibility index (Phi) is 3.85. The lowest BCUT2D eigenvalue weighted by atomic mass is 10.2. The van der Waals surface area contributed by atoms with Gasteiger partial charge in [-0.3, -0.25) is 4.90 Å². The molecule has 0 atom stereocenters. The van der Waals surface area contributed by atoms with Crippen LogP contribution in [0.5, 0.6) is 0 Å². The number of nitrogens with zero attached hydrogens (tertiary/aromatic N) is 3. The first-order valence-corrected chi connectivity index (χ1v) is 7.23. The van der Waals surface area contributed by atoms with E-state index >= 15 is 0 Å². The van der Waals surface area contributed by atoms with Gasteiger partial charge in [0, 0.05) is 30.9 Å². The summed E-state index contributed by atoms with van der Waals surface area (Å²) in [4.78, 5) is 2.36. The predicted molar refractivity (Wildman–Crippen MR) is 78.8 cm³/mol. The second-order valence-corrected chi connectivity index (χ2v) is 5.45. The van der Waals surface area contributed by atoms with Crippen LogP contribution in [0, 0.1) is 6.92 Å². The van der Waals surface area contributed by atoms with E-state index in [4.69, 9.17) is 0 Å². The third-order valence-electron chi connectivity index (χ3n) is 3.85. The van der Waals surface area contributed by atoms with Crippen molar-refractivity contribution in [3.8, 4) is 5.69 Å². The summed E-state index contributed by atoms with van der Waals surface area (Å²) in [6.45, 7) is 3.91. The van der Waals surface area contributed by atoms with E-state index in [1.165, 1.54) is 18.4 Å². The average molecular weight is 271 g/mol. The van der Waals surface area contributed by atoms with Crippen LogP contribution < -0.4 is 0 Å². The van der Waals surface area contributed by atoms with Gasteiger partial charge in [0.1, 0.15) is 0 Å². The Bertz CT molecular complexity index is 560. The summed E-state index contributed by atoms with van der Waals surface area (Å²) in [7, 11) is 0. The molecule has 0 unspecified atom stereocenters. The van der Waals surface area contributed by atoms with Crippen LogP contribution in [0.1, 0.15) is 24.1 Å². The average Bonchev–Trinajstić information content (AvgIpc) is 3.25. The maximum absolute atomic E-state index is 9.18. The van der Waals surface area contributed by atoms with E-state index in [0.29, 0.717) is 6.04 Å². The maximum Gasteiger partial charge on any atom is 0.0645 e. The van der Waals surface area contributed by atoms with Gasteiger partial charge in [-0.2, -0.15) is 5.10 Å². The zero-order valence-corrected chi connectivity index (χ0v) is 11.9. The van der Waals surface area contributed by atoms with E-state index in [9.17, 15) is 5.11 Å². The minimum absolute atomic E-state index is 0.225. The SMILES string of the molecule is Cc1nn(-c2ccccc2)cc1CN(CCO)C1CC1. The highest BCUT2D eigenvalue weighted by Gasteiger charge is 2.29. The van der Waals surface area contributed by atoms with Gasteiger partial charge in [0.25, 0.3) is 0 Å². The summed E-state index contributed by atoms with van der Waals surface area (Å²) in [5.74, 6) is 0. The summed E-state index contributed by atoms with van der Waals surface area (Å²) in [5, 5.41) is 13.8. The highest BCUT2D eigenvalue weighted by Crippen LogP contribution is 2.28. The van der Waals surface area contributed by atoms with Crippen LogP contribution in [-0.4, -0.2) is 39.0 Å². The number of aliphatic hydroxyl groups excluding tert-OH is 1. The first-order chi connectivity index (χ1) is 9.78. The zero-order chi connectivity index (χ0) is 13.9. The first kappa shape index (κ1) is 13.3. The van der Waals surface area contributed by atoms with Crippen LogP contribution in [0.3, 0.4) is 0 Å². The van der Waals surface area contributed by atoms with Crippen LogP contribution in [-0.2, 0) is 6.54 Å². The van der Waals surface area contributed by atoms with Crippen molar-refractivity contribution in [2.75, 3.05) is 13.2 Å². The van der Waals surface area contributed by atoms with Crippen molar-refractivity contribution in [2.24, 2.45) is 0 Å². The molecule has 1 aliphatic rings. The molecule has 1 aromatic carbocycles. The molecule has 1 aliphatic carbocycles. The minimum Gasteiger partial charge on any atom is -0.395 e. The fraction of sp³-hybridized carbons (Fsp3) is 0.438. The molecule has 0 bridgehead atoms. The van der Waals surface area contributed by atoms with Gasteiger partial charge in [-0.25, -0.2) is 4.68 Å². The van der Waals surface area contributed by atoms with E-state index in [2.05, 4.69) is 35.3 Å². The lowest BCUT2D eigenvalue weighted by Crippen LogP contribution is -2.28. The van der Waals surface area contributed by atoms with Crippen molar-refractivity contribution in [3.63, 3.8) is 0 Å². The van der Waals surface area contributed by atoms with E-state index in [1.54, 1.807) is 0 Å². The Balaban J connectivity index is 1.78. The second kappa shape index (κ2) is 5.77. The summed E-state index contributed by atoms with van der Waals surface area (Å²) >= 11 is 0. The molecule has 106 valence electrons. The number of rotatable bonds is 6. The predicted octanol–water partition coefficient (Wildman–Crippen LogP) is 2.14. The van der Waals surface area contributed by atoms with Gasteiger partial charge in [-0.1, -0.05) is 18.2 Å². The van der Waals surface area contributed by atoms with Crippen LogP contribution in [0.25, 0.3) is 5.69 Å². The smallest absolute Gasteiger partial charge is 0.0645 e. The van der Waals surface area contributed by atoms with E-state index in [1.807, 2.05) is 22.9 Å². The topological polar surface area (TPSA) is 41.3 Å². The molecule has 0 amide bonds. The largest absolute Gasteiger partial charge is 0.395 e. The third kappa shape index (κ3) is 2.92. The summed E-state index contributed by atoms with van der Waals surface area (Å²) in [5.41, 5.74) is 3.40. The standard InChI is InChI=1S/C16H21N3O/c1-13-14(11-18(9-10-20)15-7-8-15)12-19(17-13)16-5-3-2-4-6-16/h2-6,12,15,20H,7-11H2,1H3. The number of hydrogen-bond acceptors (Lipinski definition) is 3. The second-order valence-electron chi connectivity index (χ2n) is 5.45. The molecule has 1 saturated carbocycles. The highest BCUT2D eigenvalue weighted by molar-refractivity contribution is 5.32. The molecule has 20 heavy (non-hydrogen) atoms. The van der Waals surface area contributed by atoms with Gasteiger partial charge in [0.2, 0.25) is 0 Å². The lowest BCUT2D eigenvalue weighted by molar-refractivity contribution is 0.183. The molecule has 2 aromatic rings. The molecular weight excluding hydrogens is 250 g/mol. The number of aryl methyl sites for hydroxylation is 1. The lowest BCUT2D eigenvalue weighted by Gasteiger charge is -2.20. The number of hydrogen-bond donors (Lipinski definition) is 1. The Morgan fingerprint density at radius 1 is 1.30 bits per heavy atom. The van der Waals surface area contributed by atoms with Crippen molar-refractivity contribution in [3.05, 3.63) is 47.8 Å². The summed E-state index contributed by atoms with van der Waals surface area (Å²) < 4.78 is 1.94. The quantitative estimate of drug-likeness (QED) is 0.875. The molecule has 1 heterocycles. The van der Waals surface area contributed by atoms with E-state index < -0.39 is 0 Å². The van der Waals surface area contributed by atoms with Crippen LogP contribution in [0.15, 0.2) is 36.5 Å². The molecule has 1 aromatic heterocycles. The van der Waals surface area contributed by atoms with Gasteiger partial charge in [0.05, 0.1) is 18.0 Å². The number of aromatic nitrogens is 2. The van der Waals surface area contributed by atoms with Gasteiger partial charge in [0.15, 0.2) is 0 Å². The Morgan fingerprint density at radius 2 is 2.05 bits per heavy atom. The normalized spacial score (nSPS) is 14.9. The third-order valence-corrected chi connectivity index (χ3v) is 3.85. The molecule has 4 heteroatoms. The number of aliphatic hydroxyl groups is 1. The van der Waals surface area contributed by atoms with Gasteiger partial charge in [-0.15, -0.1) is 0 Å². The van der Waals surface area contributed by atoms with Crippen LogP contribution >= 0.6 is 0 Å². The molecular formula is C16H21N3O. The summed E-state index contributed by atoms with van der Waals surface area (Å²) in [6, 6.07) is 10.8. The zero-order valence-electron chi connectivity index (χ0n) is 11.9. The Morgan fingerprint density at radius 3 is 2.70 bits per heavy atom. The minimum atomic E-state index is 0.225.